The van der Waals surface area contributed by atoms with E-state index in [1.807, 2.05) is 18.8 Å². The van der Waals surface area contributed by atoms with E-state index in [1.54, 1.807) is 0 Å². The van der Waals surface area contributed by atoms with Gasteiger partial charge in [-0.15, -0.1) is 0 Å². The van der Waals surface area contributed by atoms with E-state index < -0.39 is 0 Å². The Hall–Kier alpha value is -0.350. The molecule has 0 saturated heterocycles. The van der Waals surface area contributed by atoms with Crippen LogP contribution in [-0.4, -0.2) is 23.4 Å². The van der Waals surface area contributed by atoms with Crippen LogP contribution in [0.4, 0.5) is 0 Å². The Morgan fingerprint density at radius 3 is 2.40 bits per heavy atom. The molecule has 4 heteroatoms. The van der Waals surface area contributed by atoms with E-state index in [9.17, 15) is 0 Å². The molecule has 86 valence electrons. The molecule has 0 bridgehead atoms. The molecule has 0 saturated carbocycles. The predicted octanol–water partition coefficient (Wildman–Crippen LogP) is 2.24. The van der Waals surface area contributed by atoms with Crippen molar-refractivity contribution in [1.82, 2.24) is 15.1 Å². The Labute approximate surface area is 100 Å². The van der Waals surface area contributed by atoms with Crippen LogP contribution in [0.3, 0.4) is 0 Å². The Bertz CT molecular complexity index is 336. The van der Waals surface area contributed by atoms with E-state index in [0.29, 0.717) is 0 Å². The molecule has 0 amide bonds. The van der Waals surface area contributed by atoms with Gasteiger partial charge in [0.25, 0.3) is 0 Å². The molecular formula is C11H20BrN3. The molecule has 1 N–H and O–H groups in total. The largest absolute Gasteiger partial charge is 0.319 e. The maximum absolute atomic E-state index is 4.54. The second-order valence-electron chi connectivity index (χ2n) is 4.84. The van der Waals surface area contributed by atoms with Gasteiger partial charge in [-0.1, -0.05) is 20.8 Å². The lowest BCUT2D eigenvalue weighted by atomic mass is 9.92. The minimum Gasteiger partial charge on any atom is -0.319 e. The smallest absolute Gasteiger partial charge is 0.0782 e. The zero-order chi connectivity index (χ0) is 11.6. The van der Waals surface area contributed by atoms with Gasteiger partial charge in [0.15, 0.2) is 0 Å². The summed E-state index contributed by atoms with van der Waals surface area (Å²) >= 11 is 3.66. The summed E-state index contributed by atoms with van der Waals surface area (Å²) in [4.78, 5) is 0. The lowest BCUT2D eigenvalue weighted by Crippen LogP contribution is -2.16. The third kappa shape index (κ3) is 2.82. The molecule has 15 heavy (non-hydrogen) atoms. The van der Waals surface area contributed by atoms with Crippen molar-refractivity contribution in [3.8, 4) is 0 Å². The van der Waals surface area contributed by atoms with Gasteiger partial charge in [0.1, 0.15) is 0 Å². The average Bonchev–Trinajstić information content (AvgIpc) is 2.36. The van der Waals surface area contributed by atoms with Crippen molar-refractivity contribution in [1.29, 1.82) is 0 Å². The van der Waals surface area contributed by atoms with E-state index >= 15 is 0 Å². The molecule has 0 radical (unpaired) electrons. The highest BCUT2D eigenvalue weighted by Crippen LogP contribution is 2.31. The molecular weight excluding hydrogens is 254 g/mol. The van der Waals surface area contributed by atoms with Crippen LogP contribution in [0.1, 0.15) is 32.2 Å². The Morgan fingerprint density at radius 2 is 2.00 bits per heavy atom. The average molecular weight is 274 g/mol. The topological polar surface area (TPSA) is 29.9 Å². The number of hydrogen-bond donors (Lipinski definition) is 1. The first-order valence-electron chi connectivity index (χ1n) is 5.24. The Morgan fingerprint density at radius 1 is 1.40 bits per heavy atom. The van der Waals surface area contributed by atoms with Crippen LogP contribution in [0.5, 0.6) is 0 Å². The Balaban J connectivity index is 3.04. The van der Waals surface area contributed by atoms with Crippen molar-refractivity contribution in [3.63, 3.8) is 0 Å². The first-order chi connectivity index (χ1) is 6.88. The summed E-state index contributed by atoms with van der Waals surface area (Å²) in [6.45, 7) is 7.57. The summed E-state index contributed by atoms with van der Waals surface area (Å²) in [5.74, 6) is 0. The summed E-state index contributed by atoms with van der Waals surface area (Å²) < 4.78 is 3.14. The van der Waals surface area contributed by atoms with Crippen LogP contribution in [0.2, 0.25) is 0 Å². The highest BCUT2D eigenvalue weighted by atomic mass is 79.9. The van der Waals surface area contributed by atoms with Crippen LogP contribution in [0.25, 0.3) is 0 Å². The fourth-order valence-electron chi connectivity index (χ4n) is 1.77. The highest BCUT2D eigenvalue weighted by Gasteiger charge is 2.24. The van der Waals surface area contributed by atoms with Gasteiger partial charge in [0.2, 0.25) is 0 Å². The molecule has 0 fully saturated rings. The summed E-state index contributed by atoms with van der Waals surface area (Å²) in [5.41, 5.74) is 2.52. The molecule has 3 nitrogen and oxygen atoms in total. The molecule has 0 atom stereocenters. The summed E-state index contributed by atoms with van der Waals surface area (Å²) in [6.07, 6.45) is 0.959. The van der Waals surface area contributed by atoms with Gasteiger partial charge in [0.05, 0.1) is 15.9 Å². The lowest BCUT2D eigenvalue weighted by molar-refractivity contribution is 0.520. The van der Waals surface area contributed by atoms with E-state index in [2.05, 4.69) is 47.1 Å². The van der Waals surface area contributed by atoms with Crippen molar-refractivity contribution in [2.24, 2.45) is 7.05 Å². The fourth-order valence-corrected chi connectivity index (χ4v) is 2.90. The van der Waals surface area contributed by atoms with Crippen molar-refractivity contribution in [2.75, 3.05) is 13.6 Å². The second-order valence-corrected chi connectivity index (χ2v) is 5.63. The number of halogens is 1. The Kier molecular flexibility index (Phi) is 3.95. The number of likely N-dealkylation sites (N-methyl/N-ethyl adjacent to an activating group) is 1. The molecule has 0 aromatic carbocycles. The van der Waals surface area contributed by atoms with Gasteiger partial charge in [0, 0.05) is 25.4 Å². The number of aromatic nitrogens is 2. The minimum atomic E-state index is 0.123. The summed E-state index contributed by atoms with van der Waals surface area (Å²) in [5, 5.41) is 7.68. The van der Waals surface area contributed by atoms with Crippen molar-refractivity contribution in [2.45, 2.75) is 32.6 Å². The van der Waals surface area contributed by atoms with E-state index in [1.165, 1.54) is 5.69 Å². The molecule has 1 aromatic rings. The van der Waals surface area contributed by atoms with Crippen molar-refractivity contribution in [3.05, 3.63) is 15.9 Å². The molecule has 0 aliphatic heterocycles. The summed E-state index contributed by atoms with van der Waals surface area (Å²) in [6, 6.07) is 0. The highest BCUT2D eigenvalue weighted by molar-refractivity contribution is 9.10. The van der Waals surface area contributed by atoms with Gasteiger partial charge in [-0.3, -0.25) is 4.68 Å². The third-order valence-corrected chi connectivity index (χ3v) is 3.21. The van der Waals surface area contributed by atoms with Gasteiger partial charge in [-0.05, 0) is 23.0 Å². The maximum Gasteiger partial charge on any atom is 0.0782 e. The second kappa shape index (κ2) is 4.66. The molecule has 1 aromatic heterocycles. The van der Waals surface area contributed by atoms with Crippen molar-refractivity contribution < 1.29 is 0 Å². The quantitative estimate of drug-likeness (QED) is 0.916. The molecule has 0 aliphatic rings. The van der Waals surface area contributed by atoms with Crippen molar-refractivity contribution >= 4 is 15.9 Å². The normalized spacial score (nSPS) is 12.1. The van der Waals surface area contributed by atoms with E-state index in [0.717, 1.165) is 23.1 Å². The number of aryl methyl sites for hydroxylation is 1. The molecule has 0 spiro atoms. The van der Waals surface area contributed by atoms with Gasteiger partial charge in [-0.25, -0.2) is 0 Å². The molecule has 1 heterocycles. The first kappa shape index (κ1) is 12.7. The maximum atomic E-state index is 4.54. The number of nitrogens with zero attached hydrogens (tertiary/aromatic N) is 2. The SMILES string of the molecule is CNCCc1nn(C)c(C(C)(C)C)c1Br. The third-order valence-electron chi connectivity index (χ3n) is 2.38. The van der Waals surface area contributed by atoms with Crippen LogP contribution >= 0.6 is 15.9 Å². The molecule has 0 unspecified atom stereocenters. The fraction of sp³-hybridized carbons (Fsp3) is 0.727. The number of hydrogen-bond acceptors (Lipinski definition) is 2. The zero-order valence-electron chi connectivity index (χ0n) is 10.2. The monoisotopic (exact) mass is 273 g/mol. The number of nitrogens with one attached hydrogen (secondary N) is 1. The van der Waals surface area contributed by atoms with E-state index in [-0.39, 0.29) is 5.41 Å². The lowest BCUT2D eigenvalue weighted by Gasteiger charge is -2.19. The van der Waals surface area contributed by atoms with Crippen LogP contribution < -0.4 is 5.32 Å². The standard InChI is InChI=1S/C11H20BrN3/c1-11(2,3)10-9(12)8(6-7-13-4)14-15(10)5/h13H,6-7H2,1-5H3. The number of rotatable bonds is 3. The minimum absolute atomic E-state index is 0.123. The van der Waals surface area contributed by atoms with Crippen LogP contribution in [-0.2, 0) is 18.9 Å². The first-order valence-corrected chi connectivity index (χ1v) is 6.03. The van der Waals surface area contributed by atoms with Gasteiger partial charge >= 0.3 is 0 Å². The summed E-state index contributed by atoms with van der Waals surface area (Å²) in [7, 11) is 3.97. The zero-order valence-corrected chi connectivity index (χ0v) is 11.8. The van der Waals surface area contributed by atoms with Gasteiger partial charge < -0.3 is 5.32 Å². The van der Waals surface area contributed by atoms with E-state index in [4.69, 9.17) is 0 Å². The molecule has 0 aliphatic carbocycles. The predicted molar refractivity (Wildman–Crippen MR) is 67.2 cm³/mol. The van der Waals surface area contributed by atoms with Crippen LogP contribution in [0, 0.1) is 0 Å². The van der Waals surface area contributed by atoms with Crippen LogP contribution in [0.15, 0.2) is 4.47 Å². The molecule has 1 rings (SSSR count). The van der Waals surface area contributed by atoms with Gasteiger partial charge in [-0.2, -0.15) is 5.10 Å².